The van der Waals surface area contributed by atoms with Gasteiger partial charge in [-0.2, -0.15) is 0 Å². The van der Waals surface area contributed by atoms with E-state index >= 15 is 4.39 Å². The predicted octanol–water partition coefficient (Wildman–Crippen LogP) is 6.47. The second kappa shape index (κ2) is 10.5. The molecule has 190 valence electrons. The number of amides is 1. The quantitative estimate of drug-likeness (QED) is 0.266. The van der Waals surface area contributed by atoms with Gasteiger partial charge in [0, 0.05) is 23.0 Å². The van der Waals surface area contributed by atoms with E-state index in [1.807, 2.05) is 30.3 Å². The molecule has 0 aliphatic rings. The van der Waals surface area contributed by atoms with Gasteiger partial charge in [-0.1, -0.05) is 30.3 Å². The van der Waals surface area contributed by atoms with Crippen LogP contribution >= 0.6 is 0 Å². The van der Waals surface area contributed by atoms with Crippen LogP contribution in [-0.4, -0.2) is 26.7 Å². The number of benzene rings is 3. The van der Waals surface area contributed by atoms with Gasteiger partial charge in [0.05, 0.1) is 17.1 Å². The zero-order chi connectivity index (χ0) is 26.6. The van der Waals surface area contributed by atoms with Gasteiger partial charge in [0.2, 0.25) is 5.95 Å². The Kier molecular flexibility index (Phi) is 7.24. The summed E-state index contributed by atoms with van der Waals surface area (Å²) < 4.78 is 21.1. The van der Waals surface area contributed by atoms with Gasteiger partial charge in [-0.15, -0.1) is 0 Å². The molecule has 4 rings (SSSR count). The number of carbonyl (C=O) groups is 1. The minimum atomic E-state index is -1.16. The first kappa shape index (κ1) is 25.4. The van der Waals surface area contributed by atoms with Crippen LogP contribution < -0.4 is 20.7 Å². The van der Waals surface area contributed by atoms with Crippen molar-refractivity contribution in [2.45, 2.75) is 32.9 Å². The Labute approximate surface area is 214 Å². The lowest BCUT2D eigenvalue weighted by Crippen LogP contribution is -2.45. The fourth-order valence-electron chi connectivity index (χ4n) is 3.88. The summed E-state index contributed by atoms with van der Waals surface area (Å²) in [6.45, 7) is 5.58. The number of nitrogens with zero attached hydrogens (tertiary/aromatic N) is 3. The first-order chi connectivity index (χ1) is 17.6. The van der Waals surface area contributed by atoms with E-state index in [0.29, 0.717) is 29.3 Å². The van der Waals surface area contributed by atoms with Crippen LogP contribution in [0.2, 0.25) is 0 Å². The number of rotatable bonds is 7. The van der Waals surface area contributed by atoms with Crippen LogP contribution in [0.25, 0.3) is 11.3 Å². The number of halogens is 1. The summed E-state index contributed by atoms with van der Waals surface area (Å²) in [5.74, 6) is 0.101. The molecule has 1 heterocycles. The van der Waals surface area contributed by atoms with Crippen LogP contribution in [0.4, 0.5) is 32.2 Å². The fraction of sp³-hybridized carbons (Fsp3) is 0.179. The molecule has 0 aliphatic heterocycles. The minimum absolute atomic E-state index is 0.119. The van der Waals surface area contributed by atoms with Crippen LogP contribution in [0, 0.1) is 5.82 Å². The number of ether oxygens (including phenoxy) is 1. The largest absolute Gasteiger partial charge is 0.488 e. The van der Waals surface area contributed by atoms with E-state index in [0.717, 1.165) is 10.5 Å². The Morgan fingerprint density at radius 3 is 2.49 bits per heavy atom. The molecule has 8 nitrogen and oxygen atoms in total. The van der Waals surface area contributed by atoms with E-state index < -0.39 is 17.4 Å². The molecule has 1 aromatic heterocycles. The second-order valence-electron chi connectivity index (χ2n) is 9.36. The fourth-order valence-corrected chi connectivity index (χ4v) is 3.88. The SMILES string of the molecule is CC(C)(C)N(C(=O)O)c1ccc(Nc2ccc(OCc3ccccc3)c(-c3ccnc(N)n3)c2)c(F)c1. The lowest BCUT2D eigenvalue weighted by Gasteiger charge is -2.33. The third-order valence-electron chi connectivity index (χ3n) is 5.52. The highest BCUT2D eigenvalue weighted by atomic mass is 19.1. The van der Waals surface area contributed by atoms with Crippen molar-refractivity contribution in [1.29, 1.82) is 0 Å². The number of nitrogen functional groups attached to an aromatic ring is 1. The van der Waals surface area contributed by atoms with E-state index in [4.69, 9.17) is 10.5 Å². The van der Waals surface area contributed by atoms with Crippen LogP contribution in [0.3, 0.4) is 0 Å². The van der Waals surface area contributed by atoms with E-state index in [1.54, 1.807) is 57.3 Å². The van der Waals surface area contributed by atoms with Crippen LogP contribution in [-0.2, 0) is 6.61 Å². The minimum Gasteiger partial charge on any atom is -0.488 e. The van der Waals surface area contributed by atoms with Crippen molar-refractivity contribution >= 4 is 29.1 Å². The normalized spacial score (nSPS) is 11.1. The predicted molar refractivity (Wildman–Crippen MR) is 143 cm³/mol. The summed E-state index contributed by atoms with van der Waals surface area (Å²) in [4.78, 5) is 21.2. The molecular formula is C28H28FN5O3. The Balaban J connectivity index is 1.64. The maximum absolute atomic E-state index is 15.1. The van der Waals surface area contributed by atoms with Crippen molar-refractivity contribution in [3.8, 4) is 17.0 Å². The molecule has 0 saturated carbocycles. The average molecular weight is 502 g/mol. The van der Waals surface area contributed by atoms with E-state index in [9.17, 15) is 9.90 Å². The Morgan fingerprint density at radius 1 is 1.08 bits per heavy atom. The molecule has 4 aromatic rings. The summed E-state index contributed by atoms with van der Waals surface area (Å²) in [7, 11) is 0. The van der Waals surface area contributed by atoms with Crippen LogP contribution in [0.15, 0.2) is 79.0 Å². The Bertz CT molecular complexity index is 1410. The molecule has 0 fully saturated rings. The number of nitrogens with two attached hydrogens (primary N) is 1. The van der Waals surface area contributed by atoms with E-state index in [1.165, 1.54) is 12.1 Å². The van der Waals surface area contributed by atoms with Gasteiger partial charge in [-0.25, -0.2) is 19.2 Å². The summed E-state index contributed by atoms with van der Waals surface area (Å²) in [5, 5.41) is 12.7. The van der Waals surface area contributed by atoms with Gasteiger partial charge in [-0.3, -0.25) is 4.90 Å². The molecule has 37 heavy (non-hydrogen) atoms. The van der Waals surface area contributed by atoms with Crippen molar-refractivity contribution < 1.29 is 19.0 Å². The topological polar surface area (TPSA) is 114 Å². The second-order valence-corrected chi connectivity index (χ2v) is 9.36. The highest BCUT2D eigenvalue weighted by molar-refractivity contribution is 5.88. The summed E-state index contributed by atoms with van der Waals surface area (Å²) >= 11 is 0. The molecule has 0 saturated heterocycles. The zero-order valence-electron chi connectivity index (χ0n) is 20.8. The van der Waals surface area contributed by atoms with Gasteiger partial charge >= 0.3 is 6.09 Å². The maximum Gasteiger partial charge on any atom is 0.412 e. The molecular weight excluding hydrogens is 473 g/mol. The maximum atomic E-state index is 15.1. The molecule has 9 heteroatoms. The van der Waals surface area contributed by atoms with Crippen molar-refractivity contribution in [2.75, 3.05) is 16.0 Å². The molecule has 1 amide bonds. The van der Waals surface area contributed by atoms with Gasteiger partial charge in [0.15, 0.2) is 0 Å². The molecule has 0 aliphatic carbocycles. The summed E-state index contributed by atoms with van der Waals surface area (Å²) in [6, 6.07) is 21.1. The van der Waals surface area contributed by atoms with E-state index in [2.05, 4.69) is 15.3 Å². The Hall–Kier alpha value is -4.66. The van der Waals surface area contributed by atoms with Crippen molar-refractivity contribution in [2.24, 2.45) is 0 Å². The number of nitrogens with one attached hydrogen (secondary N) is 1. The molecule has 0 spiro atoms. The van der Waals surface area contributed by atoms with Crippen LogP contribution in [0.1, 0.15) is 26.3 Å². The lowest BCUT2D eigenvalue weighted by atomic mass is 10.1. The Morgan fingerprint density at radius 2 is 1.84 bits per heavy atom. The van der Waals surface area contributed by atoms with Crippen molar-refractivity contribution in [3.63, 3.8) is 0 Å². The van der Waals surface area contributed by atoms with Gasteiger partial charge in [0.25, 0.3) is 0 Å². The lowest BCUT2D eigenvalue weighted by molar-refractivity contribution is 0.195. The number of aromatic nitrogens is 2. The number of carboxylic acid groups (broad SMARTS) is 1. The molecule has 4 N–H and O–H groups in total. The van der Waals surface area contributed by atoms with Gasteiger partial charge in [0.1, 0.15) is 18.2 Å². The molecule has 0 radical (unpaired) electrons. The van der Waals surface area contributed by atoms with E-state index in [-0.39, 0.29) is 17.3 Å². The molecule has 3 aromatic carbocycles. The zero-order valence-corrected chi connectivity index (χ0v) is 20.8. The third-order valence-corrected chi connectivity index (χ3v) is 5.52. The molecule has 0 atom stereocenters. The highest BCUT2D eigenvalue weighted by Gasteiger charge is 2.28. The smallest absolute Gasteiger partial charge is 0.412 e. The summed E-state index contributed by atoms with van der Waals surface area (Å²) in [6.07, 6.45) is 0.396. The standard InChI is InChI=1S/C28H28FN5O3/c1-28(2,3)34(27(35)36)20-10-11-24(22(29)16-20)32-19-9-12-25(37-17-18-7-5-4-6-8-18)21(15-19)23-13-14-31-26(30)33-23/h4-16,32H,17H2,1-3H3,(H,35,36)(H2,30,31,33). The van der Waals surface area contributed by atoms with Crippen molar-refractivity contribution in [3.05, 3.63) is 90.4 Å². The van der Waals surface area contributed by atoms with Crippen molar-refractivity contribution in [1.82, 2.24) is 9.97 Å². The average Bonchev–Trinajstić information content (AvgIpc) is 2.84. The van der Waals surface area contributed by atoms with Gasteiger partial charge < -0.3 is 20.9 Å². The molecule has 0 unspecified atom stereocenters. The summed E-state index contributed by atoms with van der Waals surface area (Å²) in [5.41, 5.74) is 8.29. The van der Waals surface area contributed by atoms with Gasteiger partial charge in [-0.05, 0) is 68.8 Å². The first-order valence-corrected chi connectivity index (χ1v) is 11.6. The highest BCUT2D eigenvalue weighted by Crippen LogP contribution is 2.35. The monoisotopic (exact) mass is 501 g/mol. The van der Waals surface area contributed by atoms with Crippen LogP contribution in [0.5, 0.6) is 5.75 Å². The number of anilines is 4. The molecule has 0 bridgehead atoms. The number of hydrogen-bond acceptors (Lipinski definition) is 6. The third kappa shape index (κ3) is 6.13. The number of hydrogen-bond donors (Lipinski definition) is 3. The first-order valence-electron chi connectivity index (χ1n) is 11.6.